The highest BCUT2D eigenvalue weighted by atomic mass is 16.3. The summed E-state index contributed by atoms with van der Waals surface area (Å²) in [6.45, 7) is 0.467. The number of aromatic nitrogens is 3. The fraction of sp³-hybridized carbons (Fsp3) is 0.438. The van der Waals surface area contributed by atoms with Crippen LogP contribution in [0.3, 0.4) is 0 Å². The van der Waals surface area contributed by atoms with Crippen molar-refractivity contribution < 1.29 is 9.90 Å². The van der Waals surface area contributed by atoms with Gasteiger partial charge in [-0.1, -0.05) is 43.2 Å². The molecule has 6 heteroatoms. The number of amides is 1. The standard InChI is InChI=1S/C16H20N4O2/c21-15-9-5-4-8-14(15)20(11-12-6-2-1-3-7-12)16(22)13-10-17-19-18-13/h1-3,6-7,10,14-15,21H,4-5,8-9,11H2,(H,17,18,19)/t14-,15-/m1/s1. The molecule has 2 atom stereocenters. The third-order valence-electron chi connectivity index (χ3n) is 4.19. The molecular weight excluding hydrogens is 280 g/mol. The van der Waals surface area contributed by atoms with Gasteiger partial charge in [-0.05, 0) is 18.4 Å². The fourth-order valence-electron chi connectivity index (χ4n) is 3.03. The Balaban J connectivity index is 1.86. The van der Waals surface area contributed by atoms with Crippen LogP contribution >= 0.6 is 0 Å². The van der Waals surface area contributed by atoms with Gasteiger partial charge in [0.2, 0.25) is 0 Å². The zero-order valence-electron chi connectivity index (χ0n) is 12.4. The van der Waals surface area contributed by atoms with Gasteiger partial charge in [0.1, 0.15) is 0 Å². The first-order chi connectivity index (χ1) is 10.8. The predicted molar refractivity (Wildman–Crippen MR) is 81.0 cm³/mol. The number of hydrogen-bond donors (Lipinski definition) is 2. The molecule has 22 heavy (non-hydrogen) atoms. The number of benzene rings is 1. The van der Waals surface area contributed by atoms with Gasteiger partial charge in [-0.15, -0.1) is 0 Å². The number of aliphatic hydroxyl groups is 1. The van der Waals surface area contributed by atoms with E-state index in [4.69, 9.17) is 0 Å². The third kappa shape index (κ3) is 3.17. The summed E-state index contributed by atoms with van der Waals surface area (Å²) in [7, 11) is 0. The van der Waals surface area contributed by atoms with Gasteiger partial charge < -0.3 is 10.0 Å². The molecule has 1 aliphatic rings. The summed E-state index contributed by atoms with van der Waals surface area (Å²) < 4.78 is 0. The SMILES string of the molecule is O=C(c1cn[nH]n1)N(Cc1ccccc1)[C@@H]1CCCC[C@H]1O. The van der Waals surface area contributed by atoms with Crippen LogP contribution in [0.4, 0.5) is 0 Å². The van der Waals surface area contributed by atoms with Crippen molar-refractivity contribution >= 4 is 5.91 Å². The lowest BCUT2D eigenvalue weighted by Crippen LogP contribution is -2.48. The van der Waals surface area contributed by atoms with Crippen molar-refractivity contribution in [2.24, 2.45) is 0 Å². The minimum atomic E-state index is -0.478. The smallest absolute Gasteiger partial charge is 0.276 e. The van der Waals surface area contributed by atoms with Crippen LogP contribution in [0.25, 0.3) is 0 Å². The first-order valence-corrected chi connectivity index (χ1v) is 7.64. The first-order valence-electron chi connectivity index (χ1n) is 7.64. The number of aliphatic hydroxyl groups excluding tert-OH is 1. The van der Waals surface area contributed by atoms with Crippen LogP contribution in [0.1, 0.15) is 41.7 Å². The van der Waals surface area contributed by atoms with E-state index in [0.717, 1.165) is 31.2 Å². The van der Waals surface area contributed by atoms with Crippen LogP contribution in [0.2, 0.25) is 0 Å². The normalized spacial score (nSPS) is 21.5. The summed E-state index contributed by atoms with van der Waals surface area (Å²) in [6.07, 6.45) is 4.54. The molecule has 1 aromatic carbocycles. The fourth-order valence-corrected chi connectivity index (χ4v) is 3.03. The lowest BCUT2D eigenvalue weighted by Gasteiger charge is -2.37. The molecule has 1 heterocycles. The van der Waals surface area contributed by atoms with Crippen LogP contribution in [0, 0.1) is 0 Å². The highest BCUT2D eigenvalue weighted by Gasteiger charge is 2.33. The Morgan fingerprint density at radius 3 is 2.73 bits per heavy atom. The van der Waals surface area contributed by atoms with Gasteiger partial charge in [-0.2, -0.15) is 15.4 Å². The molecule has 0 saturated heterocycles. The van der Waals surface area contributed by atoms with Gasteiger partial charge in [0.15, 0.2) is 5.69 Å². The second kappa shape index (κ2) is 6.70. The molecule has 6 nitrogen and oxygen atoms in total. The van der Waals surface area contributed by atoms with E-state index in [-0.39, 0.29) is 17.6 Å². The lowest BCUT2D eigenvalue weighted by atomic mass is 9.91. The first kappa shape index (κ1) is 14.7. The summed E-state index contributed by atoms with van der Waals surface area (Å²) in [4.78, 5) is 14.5. The van der Waals surface area contributed by atoms with E-state index in [1.54, 1.807) is 4.90 Å². The quantitative estimate of drug-likeness (QED) is 0.901. The number of nitrogens with one attached hydrogen (secondary N) is 1. The van der Waals surface area contributed by atoms with Crippen LogP contribution in [-0.4, -0.2) is 43.5 Å². The molecule has 3 rings (SSSR count). The molecule has 0 radical (unpaired) electrons. The Labute approximate surface area is 129 Å². The van der Waals surface area contributed by atoms with Crippen LogP contribution in [-0.2, 0) is 6.54 Å². The highest BCUT2D eigenvalue weighted by molar-refractivity contribution is 5.92. The summed E-state index contributed by atoms with van der Waals surface area (Å²) >= 11 is 0. The predicted octanol–water partition coefficient (Wildman–Crippen LogP) is 1.75. The van der Waals surface area contributed by atoms with E-state index < -0.39 is 6.10 Å². The Hall–Kier alpha value is -2.21. The van der Waals surface area contributed by atoms with Crippen molar-refractivity contribution in [2.45, 2.75) is 44.4 Å². The summed E-state index contributed by atoms with van der Waals surface area (Å²) in [5.41, 5.74) is 1.32. The number of hydrogen-bond acceptors (Lipinski definition) is 4. The van der Waals surface area contributed by atoms with E-state index in [1.807, 2.05) is 30.3 Å². The summed E-state index contributed by atoms with van der Waals surface area (Å²) in [6, 6.07) is 9.65. The van der Waals surface area contributed by atoms with Gasteiger partial charge >= 0.3 is 0 Å². The van der Waals surface area contributed by atoms with Gasteiger partial charge in [-0.3, -0.25) is 4.79 Å². The average Bonchev–Trinajstić information content (AvgIpc) is 3.08. The summed E-state index contributed by atoms with van der Waals surface area (Å²) in [5.74, 6) is -0.191. The number of rotatable bonds is 4. The maximum atomic E-state index is 12.7. The molecule has 0 spiro atoms. The lowest BCUT2D eigenvalue weighted by molar-refractivity contribution is 0.0146. The molecule has 0 aliphatic heterocycles. The number of H-pyrrole nitrogens is 1. The van der Waals surface area contributed by atoms with Gasteiger partial charge in [0, 0.05) is 6.54 Å². The summed E-state index contributed by atoms with van der Waals surface area (Å²) in [5, 5.41) is 20.4. The zero-order valence-corrected chi connectivity index (χ0v) is 12.4. The van der Waals surface area contributed by atoms with E-state index in [9.17, 15) is 9.90 Å². The monoisotopic (exact) mass is 300 g/mol. The topological polar surface area (TPSA) is 82.1 Å². The van der Waals surface area contributed by atoms with Crippen LogP contribution in [0.15, 0.2) is 36.5 Å². The molecule has 0 unspecified atom stereocenters. The molecule has 116 valence electrons. The largest absolute Gasteiger partial charge is 0.391 e. The molecule has 1 aliphatic carbocycles. The number of carbonyl (C=O) groups excluding carboxylic acids is 1. The van der Waals surface area contributed by atoms with E-state index in [2.05, 4.69) is 15.4 Å². The second-order valence-electron chi connectivity index (χ2n) is 5.69. The number of nitrogens with zero attached hydrogens (tertiary/aromatic N) is 3. The highest BCUT2D eigenvalue weighted by Crippen LogP contribution is 2.25. The Bertz CT molecular complexity index is 600. The van der Waals surface area contributed by atoms with Crippen LogP contribution < -0.4 is 0 Å². The molecular formula is C16H20N4O2. The second-order valence-corrected chi connectivity index (χ2v) is 5.69. The maximum Gasteiger partial charge on any atom is 0.276 e. The van der Waals surface area contributed by atoms with Gasteiger partial charge in [0.25, 0.3) is 5.91 Å². The van der Waals surface area contributed by atoms with Crippen molar-refractivity contribution in [1.82, 2.24) is 20.3 Å². The van der Waals surface area contributed by atoms with Crippen molar-refractivity contribution in [3.8, 4) is 0 Å². The Kier molecular flexibility index (Phi) is 4.48. The van der Waals surface area contributed by atoms with Gasteiger partial charge in [0.05, 0.1) is 18.3 Å². The molecule has 1 aromatic heterocycles. The minimum Gasteiger partial charge on any atom is -0.391 e. The zero-order chi connectivity index (χ0) is 15.4. The van der Waals surface area contributed by atoms with Crippen molar-refractivity contribution in [3.63, 3.8) is 0 Å². The maximum absolute atomic E-state index is 12.7. The average molecular weight is 300 g/mol. The van der Waals surface area contributed by atoms with Gasteiger partial charge in [-0.25, -0.2) is 0 Å². The van der Waals surface area contributed by atoms with Crippen molar-refractivity contribution in [3.05, 3.63) is 47.8 Å². The molecule has 1 amide bonds. The Morgan fingerprint density at radius 2 is 2.05 bits per heavy atom. The van der Waals surface area contributed by atoms with E-state index >= 15 is 0 Å². The number of aromatic amines is 1. The van der Waals surface area contributed by atoms with Crippen molar-refractivity contribution in [1.29, 1.82) is 0 Å². The molecule has 1 fully saturated rings. The van der Waals surface area contributed by atoms with E-state index in [1.165, 1.54) is 6.20 Å². The van der Waals surface area contributed by atoms with Crippen molar-refractivity contribution in [2.75, 3.05) is 0 Å². The minimum absolute atomic E-state index is 0.168. The number of carbonyl (C=O) groups is 1. The van der Waals surface area contributed by atoms with Crippen LogP contribution in [0.5, 0.6) is 0 Å². The Morgan fingerprint density at radius 1 is 1.27 bits per heavy atom. The molecule has 0 bridgehead atoms. The van der Waals surface area contributed by atoms with E-state index in [0.29, 0.717) is 6.54 Å². The third-order valence-corrected chi connectivity index (χ3v) is 4.19. The molecule has 2 N–H and O–H groups in total. The molecule has 1 saturated carbocycles. The molecule has 2 aromatic rings.